The van der Waals surface area contributed by atoms with Gasteiger partial charge in [0, 0.05) is 45.8 Å². The number of benzene rings is 1. The van der Waals surface area contributed by atoms with Gasteiger partial charge in [-0.15, -0.1) is 0 Å². The number of nitrogens with one attached hydrogen (secondary N) is 1. The number of aryl methyl sites for hydroxylation is 1. The van der Waals surface area contributed by atoms with Gasteiger partial charge in [0.25, 0.3) is 5.91 Å². The molecule has 42 heavy (non-hydrogen) atoms. The van der Waals surface area contributed by atoms with Crippen molar-refractivity contribution < 1.29 is 13.9 Å². The lowest BCUT2D eigenvalue weighted by Gasteiger charge is -2.42. The number of amides is 1. The minimum Gasteiger partial charge on any atom is -0.456 e. The number of piperazine rings is 1. The third kappa shape index (κ3) is 5.94. The summed E-state index contributed by atoms with van der Waals surface area (Å²) in [7, 11) is 0. The molecule has 224 valence electrons. The summed E-state index contributed by atoms with van der Waals surface area (Å²) in [4.78, 5) is 22.3. The Morgan fingerprint density at radius 2 is 1.74 bits per heavy atom. The van der Waals surface area contributed by atoms with Crippen LogP contribution in [0.25, 0.3) is 0 Å². The maximum absolute atomic E-state index is 13.4. The second-order valence-corrected chi connectivity index (χ2v) is 13.7. The zero-order valence-corrected chi connectivity index (χ0v) is 26.0. The summed E-state index contributed by atoms with van der Waals surface area (Å²) in [6.45, 7) is 16.0. The Morgan fingerprint density at radius 1 is 1.00 bits per heavy atom. The fraction of sp³-hybridized carbons (Fsp3) is 0.543. The van der Waals surface area contributed by atoms with Crippen molar-refractivity contribution in [2.45, 2.75) is 83.7 Å². The highest BCUT2D eigenvalue weighted by Gasteiger charge is 2.37. The van der Waals surface area contributed by atoms with Crippen LogP contribution < -0.4 is 10.2 Å². The number of nitrogens with zero attached hydrogens (tertiary/aromatic N) is 3. The fourth-order valence-electron chi connectivity index (χ4n) is 6.75. The highest BCUT2D eigenvalue weighted by molar-refractivity contribution is 5.91. The Bertz CT molecular complexity index is 1430. The van der Waals surface area contributed by atoms with Crippen molar-refractivity contribution in [1.82, 2.24) is 9.88 Å². The molecule has 2 fully saturated rings. The van der Waals surface area contributed by atoms with Crippen LogP contribution >= 0.6 is 0 Å². The molecule has 1 aliphatic carbocycles. The van der Waals surface area contributed by atoms with Crippen molar-refractivity contribution in [3.63, 3.8) is 0 Å². The number of anilines is 2. The van der Waals surface area contributed by atoms with Gasteiger partial charge in [0.2, 0.25) is 0 Å². The number of carbonyl (C=O) groups excluding carboxylic acids is 1. The first-order valence-corrected chi connectivity index (χ1v) is 15.7. The van der Waals surface area contributed by atoms with Crippen LogP contribution in [0.5, 0.6) is 0 Å². The van der Waals surface area contributed by atoms with Gasteiger partial charge < -0.3 is 24.3 Å². The van der Waals surface area contributed by atoms with E-state index in [1.807, 2.05) is 35.2 Å². The van der Waals surface area contributed by atoms with Gasteiger partial charge in [-0.2, -0.15) is 0 Å². The van der Waals surface area contributed by atoms with E-state index in [1.165, 1.54) is 35.1 Å². The van der Waals surface area contributed by atoms with Crippen molar-refractivity contribution in [3.05, 3.63) is 76.2 Å². The first kappa shape index (κ1) is 28.8. The van der Waals surface area contributed by atoms with Crippen LogP contribution in [0.2, 0.25) is 0 Å². The normalized spacial score (nSPS) is 21.3. The van der Waals surface area contributed by atoms with Gasteiger partial charge in [-0.25, -0.2) is 4.98 Å². The second kappa shape index (κ2) is 11.4. The van der Waals surface area contributed by atoms with Crippen LogP contribution in [0.1, 0.15) is 91.9 Å². The minimum atomic E-state index is -0.0362. The lowest BCUT2D eigenvalue weighted by atomic mass is 9.62. The average Bonchev–Trinajstić information content (AvgIpc) is 3.68. The van der Waals surface area contributed by atoms with Crippen molar-refractivity contribution in [3.8, 4) is 0 Å². The van der Waals surface area contributed by atoms with Crippen LogP contribution in [-0.2, 0) is 22.0 Å². The van der Waals surface area contributed by atoms with Gasteiger partial charge in [0.05, 0.1) is 6.10 Å². The molecule has 0 spiro atoms. The Hall–Kier alpha value is -3.32. The average molecular weight is 571 g/mol. The number of fused-ring (bicyclic) bond motifs is 1. The molecule has 4 heterocycles. The Morgan fingerprint density at radius 3 is 2.45 bits per heavy atom. The van der Waals surface area contributed by atoms with Gasteiger partial charge in [-0.1, -0.05) is 45.9 Å². The van der Waals surface area contributed by atoms with Crippen LogP contribution in [0.4, 0.5) is 11.6 Å². The van der Waals surface area contributed by atoms with Crippen molar-refractivity contribution >= 4 is 17.5 Å². The molecule has 0 bridgehead atoms. The van der Waals surface area contributed by atoms with Crippen molar-refractivity contribution in [1.29, 1.82) is 0 Å². The maximum Gasteiger partial charge on any atom is 0.289 e. The predicted molar refractivity (Wildman–Crippen MR) is 168 cm³/mol. The largest absolute Gasteiger partial charge is 0.456 e. The zero-order chi connectivity index (χ0) is 29.5. The van der Waals surface area contributed by atoms with E-state index in [4.69, 9.17) is 14.1 Å². The number of hydrogen-bond acceptors (Lipinski definition) is 6. The number of carbonyl (C=O) groups is 1. The van der Waals surface area contributed by atoms with Gasteiger partial charge in [0.1, 0.15) is 17.4 Å². The lowest BCUT2D eigenvalue weighted by Crippen LogP contribution is -2.49. The molecule has 1 unspecified atom stereocenters. The zero-order valence-electron chi connectivity index (χ0n) is 26.0. The number of aromatic nitrogens is 1. The van der Waals surface area contributed by atoms with E-state index in [-0.39, 0.29) is 22.8 Å². The molecule has 1 amide bonds. The van der Waals surface area contributed by atoms with E-state index in [1.54, 1.807) is 0 Å². The molecule has 1 N–H and O–H groups in total. The van der Waals surface area contributed by atoms with Gasteiger partial charge in [-0.05, 0) is 90.0 Å². The second-order valence-electron chi connectivity index (χ2n) is 13.7. The number of pyridine rings is 1. The number of rotatable bonds is 7. The molecule has 2 aliphatic heterocycles. The van der Waals surface area contributed by atoms with Crippen molar-refractivity contribution in [2.24, 2.45) is 0 Å². The first-order chi connectivity index (χ1) is 20.1. The van der Waals surface area contributed by atoms with Gasteiger partial charge in [-0.3, -0.25) is 4.79 Å². The molecule has 3 aromatic rings. The summed E-state index contributed by atoms with van der Waals surface area (Å²) >= 11 is 0. The summed E-state index contributed by atoms with van der Waals surface area (Å²) in [5, 5.41) is 3.42. The monoisotopic (exact) mass is 570 g/mol. The molecule has 7 heteroatoms. The van der Waals surface area contributed by atoms with Crippen LogP contribution in [0.3, 0.4) is 0 Å². The molecule has 1 atom stereocenters. The minimum absolute atomic E-state index is 0.0362. The number of ether oxygens (including phenoxy) is 1. The predicted octanol–water partition coefficient (Wildman–Crippen LogP) is 6.48. The summed E-state index contributed by atoms with van der Waals surface area (Å²) < 4.78 is 11.9. The van der Waals surface area contributed by atoms with E-state index in [0.717, 1.165) is 56.5 Å². The lowest BCUT2D eigenvalue weighted by molar-refractivity contribution is 0.0712. The molecular formula is C35H46N4O3. The molecule has 0 radical (unpaired) electrons. The highest BCUT2D eigenvalue weighted by Crippen LogP contribution is 2.46. The quantitative estimate of drug-likeness (QED) is 0.351. The Kier molecular flexibility index (Phi) is 7.81. The Labute approximate surface area is 250 Å². The third-order valence-corrected chi connectivity index (χ3v) is 9.71. The van der Waals surface area contributed by atoms with Gasteiger partial charge in [0.15, 0.2) is 5.76 Å². The standard InChI is InChI=1S/C35H46N4O3/c1-24-20-28-29(35(4,5)14-13-34(28,2)3)22-25(24)21-26-11-12-30(42-26)33(40)39-17-15-38(16-18-39)32-10-6-9-31(37-32)36-23-27-8-7-19-41-27/h6,9-12,20,22,27H,7-8,13-19,21,23H2,1-5H3,(H,36,37). The molecule has 3 aliphatic rings. The van der Waals surface area contributed by atoms with E-state index in [2.05, 4.69) is 57.0 Å². The van der Waals surface area contributed by atoms with Crippen molar-refractivity contribution in [2.75, 3.05) is 49.5 Å². The summed E-state index contributed by atoms with van der Waals surface area (Å²) in [5.41, 5.74) is 5.87. The maximum atomic E-state index is 13.4. The summed E-state index contributed by atoms with van der Waals surface area (Å²) in [6, 6.07) is 14.7. The third-order valence-electron chi connectivity index (χ3n) is 9.71. The molecule has 7 nitrogen and oxygen atoms in total. The van der Waals surface area contributed by atoms with E-state index in [9.17, 15) is 4.79 Å². The summed E-state index contributed by atoms with van der Waals surface area (Å²) in [6.07, 6.45) is 5.60. The van der Waals surface area contributed by atoms with E-state index < -0.39 is 0 Å². The van der Waals surface area contributed by atoms with E-state index >= 15 is 0 Å². The molecule has 2 aromatic heterocycles. The smallest absolute Gasteiger partial charge is 0.289 e. The highest BCUT2D eigenvalue weighted by atomic mass is 16.5. The molecule has 1 aromatic carbocycles. The first-order valence-electron chi connectivity index (χ1n) is 15.7. The van der Waals surface area contributed by atoms with Crippen LogP contribution in [-0.4, -0.2) is 61.2 Å². The number of hydrogen-bond donors (Lipinski definition) is 1. The van der Waals surface area contributed by atoms with E-state index in [0.29, 0.717) is 25.3 Å². The fourth-order valence-corrected chi connectivity index (χ4v) is 6.75. The number of furan rings is 1. The molecule has 0 saturated carbocycles. The Balaban J connectivity index is 1.07. The SMILES string of the molecule is Cc1cc2c(cc1Cc1ccc(C(=O)N3CCN(c4cccc(NCC5CCCO5)n4)CC3)o1)C(C)(C)CCC2(C)C. The summed E-state index contributed by atoms with van der Waals surface area (Å²) in [5.74, 6) is 3.03. The topological polar surface area (TPSA) is 70.8 Å². The molecule has 6 rings (SSSR count). The van der Waals surface area contributed by atoms with Crippen LogP contribution in [0, 0.1) is 6.92 Å². The molecule has 2 saturated heterocycles. The van der Waals surface area contributed by atoms with Crippen LogP contribution in [0.15, 0.2) is 46.9 Å². The molecular weight excluding hydrogens is 524 g/mol. The van der Waals surface area contributed by atoms with Gasteiger partial charge >= 0.3 is 0 Å².